The van der Waals surface area contributed by atoms with E-state index >= 15 is 0 Å². The summed E-state index contributed by atoms with van der Waals surface area (Å²) in [5.74, 6) is 1.86. The lowest BCUT2D eigenvalue weighted by atomic mass is 9.48. The van der Waals surface area contributed by atoms with Crippen LogP contribution in [0.1, 0.15) is 117 Å². The molecule has 67 heavy (non-hydrogen) atoms. The Bertz CT molecular complexity index is 2560. The number of Topliss-reactive ketones (excluding diaryl/α,β-unsaturated/α-hetero) is 2. The topological polar surface area (TPSA) is 169 Å². The standard InChI is InChI=1S/C46H59N2O8.C7H8O3S/c1-8-30(2)32-13-15-33(16-14-32)36(49)10-9-26-54-27-24-47(43(51)56-44(3,4)5)35-18-11-31(12-19-35)29-48(6)25-23-45-40-34-17-20-38(53-7)41(40)55-42(45)37(50)21-22-46(45,52)39(48)28-34;1-6-2-4-7(5-3-6)11(8,9)10/h11-20,30,39,42,52H,8-10,21-29H2,1-7H3;2-5H,1H3,(H,8,9,10)/q+1;/p-1/t30?,39-,42+,45+,46-,48?;/m1./s1. The molecule has 4 aromatic rings. The molecule has 2 aliphatic heterocycles. The minimum absolute atomic E-state index is 0.0554. The number of nitrogens with zero attached hydrogens (tertiary/aromatic N) is 2. The molecule has 2 unspecified atom stereocenters. The van der Waals surface area contributed by atoms with E-state index in [4.69, 9.17) is 18.9 Å². The van der Waals surface area contributed by atoms with Crippen molar-refractivity contribution in [3.63, 3.8) is 0 Å². The molecule has 1 N–H and O–H groups in total. The van der Waals surface area contributed by atoms with Gasteiger partial charge in [-0.15, -0.1) is 0 Å². The van der Waals surface area contributed by atoms with Crippen molar-refractivity contribution in [3.05, 3.63) is 118 Å². The van der Waals surface area contributed by atoms with Gasteiger partial charge in [-0.25, -0.2) is 13.2 Å². The number of carbonyl (C=O) groups excluding carboxylic acids is 3. The lowest BCUT2D eigenvalue weighted by molar-refractivity contribution is -0.961. The summed E-state index contributed by atoms with van der Waals surface area (Å²) >= 11 is 0. The highest BCUT2D eigenvalue weighted by Gasteiger charge is 2.76. The molecule has 1 spiro atoms. The normalized spacial score (nSPS) is 24.1. The van der Waals surface area contributed by atoms with Crippen LogP contribution >= 0.6 is 0 Å². The van der Waals surface area contributed by atoms with Crippen molar-refractivity contribution in [2.24, 2.45) is 0 Å². The third-order valence-electron chi connectivity index (χ3n) is 14.4. The minimum atomic E-state index is -4.27. The number of ether oxygens (including phenoxy) is 4. The van der Waals surface area contributed by atoms with Crippen molar-refractivity contribution in [2.75, 3.05) is 45.4 Å². The van der Waals surface area contributed by atoms with E-state index in [9.17, 15) is 32.5 Å². The second-order valence-corrected chi connectivity index (χ2v) is 21.3. The molecule has 4 aliphatic rings. The summed E-state index contributed by atoms with van der Waals surface area (Å²) in [5.41, 5.74) is 4.22. The molecular formula is C53H66N2O11S. The Kier molecular flexibility index (Phi) is 14.5. The lowest BCUT2D eigenvalue weighted by Gasteiger charge is -2.64. The van der Waals surface area contributed by atoms with Gasteiger partial charge in [-0.3, -0.25) is 14.5 Å². The number of likely N-dealkylation sites (N-methyl/N-ethyl adjacent to an activating group) is 1. The minimum Gasteiger partial charge on any atom is -0.744 e. The van der Waals surface area contributed by atoms with E-state index < -0.39 is 38.9 Å². The second kappa shape index (κ2) is 19.5. The fraction of sp³-hybridized carbons (Fsp3) is 0.491. The average molecular weight is 939 g/mol. The summed E-state index contributed by atoms with van der Waals surface area (Å²) < 4.78 is 55.6. The number of rotatable bonds is 15. The zero-order chi connectivity index (χ0) is 48.5. The SMILES string of the molecule is CCC(C)c1ccc(C(=O)CCCOCCN(C(=O)OC(C)(C)C)c2ccc(C[N+]3(C)CC[C@]45c6c7ccc(OC)c6O[C@H]4C(=O)CC[C@@]5(O)[C@H]3C7)cc2)cc1.Cc1ccc(S(=O)(=O)[O-])cc1. The summed E-state index contributed by atoms with van der Waals surface area (Å²) in [5, 5.41) is 12.9. The molecule has 1 saturated carbocycles. The van der Waals surface area contributed by atoms with Gasteiger partial charge in [0.15, 0.2) is 29.2 Å². The Labute approximate surface area is 395 Å². The van der Waals surface area contributed by atoms with Crippen LogP contribution in [-0.2, 0) is 42.8 Å². The number of quaternary nitrogens is 1. The molecule has 0 radical (unpaired) electrons. The molecule has 8 rings (SSSR count). The highest BCUT2D eigenvalue weighted by atomic mass is 32.2. The third kappa shape index (κ3) is 10.1. The molecule has 2 fully saturated rings. The summed E-state index contributed by atoms with van der Waals surface area (Å²) in [6.45, 7) is 14.2. The highest BCUT2D eigenvalue weighted by Crippen LogP contribution is 2.66. The largest absolute Gasteiger partial charge is 0.744 e. The van der Waals surface area contributed by atoms with Crippen molar-refractivity contribution in [1.29, 1.82) is 0 Å². The number of likely N-dealkylation sites (tertiary alicyclic amines) is 1. The van der Waals surface area contributed by atoms with Gasteiger partial charge in [0, 0.05) is 54.7 Å². The molecule has 2 heterocycles. The van der Waals surface area contributed by atoms with Gasteiger partial charge >= 0.3 is 6.09 Å². The van der Waals surface area contributed by atoms with Crippen LogP contribution in [0, 0.1) is 6.92 Å². The van der Waals surface area contributed by atoms with Gasteiger partial charge in [-0.2, -0.15) is 0 Å². The van der Waals surface area contributed by atoms with Crippen molar-refractivity contribution in [3.8, 4) is 11.5 Å². The lowest BCUT2D eigenvalue weighted by Crippen LogP contribution is -2.80. The van der Waals surface area contributed by atoms with Crippen LogP contribution in [0.5, 0.6) is 11.5 Å². The first-order chi connectivity index (χ1) is 31.6. The first kappa shape index (κ1) is 49.8. The Hall–Kier alpha value is -5.12. The molecule has 1 amide bonds. The molecule has 2 bridgehead atoms. The van der Waals surface area contributed by atoms with Crippen LogP contribution < -0.4 is 14.4 Å². The van der Waals surface area contributed by atoms with E-state index in [1.54, 1.807) is 24.1 Å². The van der Waals surface area contributed by atoms with Gasteiger partial charge in [-0.05, 0) is 94.3 Å². The number of anilines is 1. The number of amides is 1. The fourth-order valence-corrected chi connectivity index (χ4v) is 11.2. The van der Waals surface area contributed by atoms with Crippen LogP contribution in [0.2, 0.25) is 0 Å². The number of aliphatic hydroxyl groups is 1. The van der Waals surface area contributed by atoms with Crippen LogP contribution in [0.3, 0.4) is 0 Å². The fourth-order valence-electron chi connectivity index (χ4n) is 10.7. The van der Waals surface area contributed by atoms with E-state index in [1.807, 2.05) is 70.2 Å². The maximum Gasteiger partial charge on any atom is 0.414 e. The number of methoxy groups -OCH3 is 1. The summed E-state index contributed by atoms with van der Waals surface area (Å²) in [6, 6.07) is 25.6. The monoisotopic (exact) mass is 938 g/mol. The van der Waals surface area contributed by atoms with E-state index in [0.29, 0.717) is 79.4 Å². The van der Waals surface area contributed by atoms with Crippen LogP contribution in [0.15, 0.2) is 89.8 Å². The number of piperidine rings is 1. The maximum absolute atomic E-state index is 13.5. The number of hydrogen-bond acceptors (Lipinski definition) is 11. The number of benzene rings is 4. The maximum atomic E-state index is 13.5. The predicted octanol–water partition coefficient (Wildman–Crippen LogP) is 8.60. The molecule has 6 atom stereocenters. The number of aryl methyl sites for hydroxylation is 1. The van der Waals surface area contributed by atoms with Gasteiger partial charge in [0.1, 0.15) is 33.9 Å². The molecule has 360 valence electrons. The summed E-state index contributed by atoms with van der Waals surface area (Å²) in [7, 11) is -0.432. The average Bonchev–Trinajstić information content (AvgIpc) is 3.65. The van der Waals surface area contributed by atoms with E-state index in [-0.39, 0.29) is 35.5 Å². The molecule has 4 aromatic carbocycles. The van der Waals surface area contributed by atoms with Gasteiger partial charge in [-0.1, -0.05) is 74.0 Å². The van der Waals surface area contributed by atoms with E-state index in [0.717, 1.165) is 40.8 Å². The van der Waals surface area contributed by atoms with E-state index in [2.05, 4.69) is 39.1 Å². The Morgan fingerprint density at radius 1 is 0.985 bits per heavy atom. The number of hydrogen-bond donors (Lipinski definition) is 1. The zero-order valence-corrected chi connectivity index (χ0v) is 40.9. The quantitative estimate of drug-likeness (QED) is 0.0525. The molecule has 2 aliphatic carbocycles. The zero-order valence-electron chi connectivity index (χ0n) is 40.1. The first-order valence-corrected chi connectivity index (χ1v) is 24.8. The predicted molar refractivity (Wildman–Crippen MR) is 254 cm³/mol. The Morgan fingerprint density at radius 3 is 2.30 bits per heavy atom. The van der Waals surface area contributed by atoms with E-state index in [1.165, 1.54) is 17.7 Å². The second-order valence-electron chi connectivity index (χ2n) is 20.0. The molecule has 1 saturated heterocycles. The highest BCUT2D eigenvalue weighted by molar-refractivity contribution is 7.85. The summed E-state index contributed by atoms with van der Waals surface area (Å²) in [4.78, 5) is 41.1. The van der Waals surface area contributed by atoms with Crippen molar-refractivity contribution < 1.29 is 55.9 Å². The van der Waals surface area contributed by atoms with Crippen LogP contribution in [0.25, 0.3) is 0 Å². The summed E-state index contributed by atoms with van der Waals surface area (Å²) in [6.07, 6.45) is 2.89. The van der Waals surface area contributed by atoms with Crippen molar-refractivity contribution >= 4 is 33.5 Å². The van der Waals surface area contributed by atoms with Gasteiger partial charge in [0.25, 0.3) is 0 Å². The van der Waals surface area contributed by atoms with Gasteiger partial charge in [0.2, 0.25) is 0 Å². The molecular weight excluding hydrogens is 873 g/mol. The molecule has 14 heteroatoms. The molecule has 13 nitrogen and oxygen atoms in total. The number of carbonyl (C=O) groups is 3. The van der Waals surface area contributed by atoms with Gasteiger partial charge < -0.3 is 33.1 Å². The van der Waals surface area contributed by atoms with Crippen LogP contribution in [0.4, 0.5) is 10.5 Å². The van der Waals surface area contributed by atoms with Crippen LogP contribution in [-0.4, -0.2) is 104 Å². The smallest absolute Gasteiger partial charge is 0.414 e. The van der Waals surface area contributed by atoms with Crippen molar-refractivity contribution in [1.82, 2.24) is 0 Å². The number of ketones is 2. The Morgan fingerprint density at radius 2 is 1.67 bits per heavy atom. The van der Waals surface area contributed by atoms with Gasteiger partial charge in [0.05, 0.1) is 44.2 Å². The van der Waals surface area contributed by atoms with Crippen molar-refractivity contribution in [2.45, 2.75) is 133 Å². The molecule has 0 aromatic heterocycles. The third-order valence-corrected chi connectivity index (χ3v) is 15.2. The first-order valence-electron chi connectivity index (χ1n) is 23.4. The Balaban J connectivity index is 0.000000532.